The summed E-state index contributed by atoms with van der Waals surface area (Å²) in [6, 6.07) is 9.73. The van der Waals surface area contributed by atoms with Gasteiger partial charge in [-0.05, 0) is 19.1 Å². The molecule has 0 aliphatic carbocycles. The average Bonchev–Trinajstić information content (AvgIpc) is 2.54. The van der Waals surface area contributed by atoms with E-state index in [4.69, 9.17) is 0 Å². The number of nitrogens with zero attached hydrogens (tertiary/aromatic N) is 4. The Morgan fingerprint density at radius 3 is 2.62 bits per heavy atom. The van der Waals surface area contributed by atoms with Crippen molar-refractivity contribution in [3.05, 3.63) is 41.2 Å². The molecule has 5 nitrogen and oxygen atoms in total. The van der Waals surface area contributed by atoms with Crippen LogP contribution in [-0.4, -0.2) is 24.1 Å². The molecule has 0 saturated heterocycles. The minimum absolute atomic E-state index is 0.627. The molecule has 0 aliphatic heterocycles. The van der Waals surface area contributed by atoms with Crippen molar-refractivity contribution >= 4 is 17.3 Å². The summed E-state index contributed by atoms with van der Waals surface area (Å²) in [7, 11) is 3.77. The van der Waals surface area contributed by atoms with Crippen molar-refractivity contribution in [3.63, 3.8) is 0 Å². The van der Waals surface area contributed by atoms with Gasteiger partial charge < -0.3 is 10.2 Å². The second-order valence-corrected chi connectivity index (χ2v) is 4.73. The van der Waals surface area contributed by atoms with E-state index < -0.39 is 0 Å². The first-order valence-electron chi connectivity index (χ1n) is 6.90. The van der Waals surface area contributed by atoms with Crippen molar-refractivity contribution in [1.82, 2.24) is 9.97 Å². The summed E-state index contributed by atoms with van der Waals surface area (Å²) in [5.41, 5.74) is 2.43. The van der Waals surface area contributed by atoms with E-state index in [1.54, 1.807) is 0 Å². The molecule has 1 aromatic carbocycles. The highest BCUT2D eigenvalue weighted by Gasteiger charge is 2.16. The van der Waals surface area contributed by atoms with Crippen LogP contribution in [0.1, 0.15) is 23.9 Å². The van der Waals surface area contributed by atoms with Crippen LogP contribution in [0.5, 0.6) is 0 Å². The van der Waals surface area contributed by atoms with Gasteiger partial charge >= 0.3 is 0 Å². The van der Waals surface area contributed by atoms with E-state index in [9.17, 15) is 5.26 Å². The fourth-order valence-corrected chi connectivity index (χ4v) is 2.25. The Morgan fingerprint density at radius 1 is 1.29 bits per heavy atom. The molecule has 1 heterocycles. The summed E-state index contributed by atoms with van der Waals surface area (Å²) in [4.78, 5) is 11.0. The molecule has 1 N–H and O–H groups in total. The minimum Gasteiger partial charge on any atom is -0.373 e. The largest absolute Gasteiger partial charge is 0.373 e. The zero-order valence-corrected chi connectivity index (χ0v) is 12.8. The fourth-order valence-electron chi connectivity index (χ4n) is 2.25. The van der Waals surface area contributed by atoms with Crippen LogP contribution in [0.4, 0.5) is 17.3 Å². The van der Waals surface area contributed by atoms with Crippen LogP contribution in [-0.2, 0) is 6.42 Å². The van der Waals surface area contributed by atoms with Gasteiger partial charge in [0.1, 0.15) is 23.5 Å². The van der Waals surface area contributed by atoms with E-state index in [1.807, 2.05) is 57.1 Å². The smallest absolute Gasteiger partial charge is 0.141 e. The normalized spacial score (nSPS) is 10.0. The number of benzene rings is 1. The average molecular weight is 281 g/mol. The number of rotatable bonds is 4. The molecular weight excluding hydrogens is 262 g/mol. The topological polar surface area (TPSA) is 64.8 Å². The van der Waals surface area contributed by atoms with Crippen LogP contribution in [0.3, 0.4) is 0 Å². The van der Waals surface area contributed by atoms with Crippen molar-refractivity contribution in [3.8, 4) is 6.07 Å². The van der Waals surface area contributed by atoms with Crippen LogP contribution in [0.2, 0.25) is 0 Å². The van der Waals surface area contributed by atoms with E-state index >= 15 is 0 Å². The first-order valence-corrected chi connectivity index (χ1v) is 6.90. The summed E-state index contributed by atoms with van der Waals surface area (Å²) in [6.45, 7) is 4.00. The summed E-state index contributed by atoms with van der Waals surface area (Å²) >= 11 is 0. The number of hydrogen-bond acceptors (Lipinski definition) is 5. The highest BCUT2D eigenvalue weighted by atomic mass is 15.2. The van der Waals surface area contributed by atoms with E-state index in [0.29, 0.717) is 5.56 Å². The Labute approximate surface area is 125 Å². The molecule has 0 unspecified atom stereocenters. The number of hydrogen-bond donors (Lipinski definition) is 1. The third-order valence-corrected chi connectivity index (χ3v) is 3.42. The van der Waals surface area contributed by atoms with Crippen LogP contribution in [0.25, 0.3) is 0 Å². The molecular formula is C16H19N5. The van der Waals surface area contributed by atoms with Gasteiger partial charge in [0.15, 0.2) is 0 Å². The van der Waals surface area contributed by atoms with Gasteiger partial charge in [-0.3, -0.25) is 0 Å². The number of nitriles is 1. The lowest BCUT2D eigenvalue weighted by Gasteiger charge is -2.23. The van der Waals surface area contributed by atoms with E-state index in [-0.39, 0.29) is 0 Å². The molecule has 2 aromatic rings. The highest BCUT2D eigenvalue weighted by molar-refractivity contribution is 5.71. The maximum atomic E-state index is 9.26. The molecule has 0 radical (unpaired) electrons. The van der Waals surface area contributed by atoms with Crippen molar-refractivity contribution in [1.29, 1.82) is 5.26 Å². The van der Waals surface area contributed by atoms with Gasteiger partial charge in [0.2, 0.25) is 0 Å². The zero-order valence-electron chi connectivity index (χ0n) is 12.8. The monoisotopic (exact) mass is 281 g/mol. The number of anilines is 3. The zero-order chi connectivity index (χ0) is 15.4. The predicted octanol–water partition coefficient (Wildman–Crippen LogP) is 3.03. The first-order chi connectivity index (χ1) is 10.1. The first kappa shape index (κ1) is 14.8. The van der Waals surface area contributed by atoms with Gasteiger partial charge in [0.05, 0.1) is 11.3 Å². The Hall–Kier alpha value is -2.61. The fraction of sp³-hybridized carbons (Fsp3) is 0.312. The van der Waals surface area contributed by atoms with Gasteiger partial charge in [-0.25, -0.2) is 9.97 Å². The molecule has 0 bridgehead atoms. The van der Waals surface area contributed by atoms with Crippen molar-refractivity contribution in [2.24, 2.45) is 0 Å². The van der Waals surface area contributed by atoms with Gasteiger partial charge in [-0.15, -0.1) is 0 Å². The predicted molar refractivity (Wildman–Crippen MR) is 84.9 cm³/mol. The van der Waals surface area contributed by atoms with E-state index in [1.165, 1.54) is 0 Å². The summed E-state index contributed by atoms with van der Waals surface area (Å²) in [5, 5.41) is 12.4. The third-order valence-electron chi connectivity index (χ3n) is 3.42. The summed E-state index contributed by atoms with van der Waals surface area (Å²) in [5.74, 6) is 2.41. The standard InChI is InChI=1S/C16H19N5/c1-5-14-19-15(18-3)11(2)16(20-14)21(4)13-9-7-6-8-12(13)10-17/h6-9H,5H2,1-4H3,(H,18,19,20). The second-order valence-electron chi connectivity index (χ2n) is 4.73. The molecule has 0 spiro atoms. The van der Waals surface area contributed by atoms with Crippen molar-refractivity contribution in [2.45, 2.75) is 20.3 Å². The third kappa shape index (κ3) is 2.79. The van der Waals surface area contributed by atoms with Crippen molar-refractivity contribution in [2.75, 3.05) is 24.3 Å². The Morgan fingerprint density at radius 2 is 2.00 bits per heavy atom. The number of aryl methyl sites for hydroxylation is 1. The van der Waals surface area contributed by atoms with E-state index in [2.05, 4.69) is 21.4 Å². The molecule has 0 aliphatic rings. The van der Waals surface area contributed by atoms with Crippen LogP contribution in [0, 0.1) is 18.3 Å². The number of para-hydroxylation sites is 1. The van der Waals surface area contributed by atoms with Crippen molar-refractivity contribution < 1.29 is 0 Å². The number of aromatic nitrogens is 2. The van der Waals surface area contributed by atoms with Gasteiger partial charge in [0, 0.05) is 26.1 Å². The molecule has 0 saturated carbocycles. The molecule has 0 amide bonds. The Balaban J connectivity index is 2.58. The van der Waals surface area contributed by atoms with Crippen LogP contribution >= 0.6 is 0 Å². The quantitative estimate of drug-likeness (QED) is 0.933. The lowest BCUT2D eigenvalue weighted by atomic mass is 10.1. The molecule has 108 valence electrons. The molecule has 0 fully saturated rings. The Kier molecular flexibility index (Phi) is 4.39. The summed E-state index contributed by atoms with van der Waals surface area (Å²) < 4.78 is 0. The molecule has 1 aromatic heterocycles. The minimum atomic E-state index is 0.627. The summed E-state index contributed by atoms with van der Waals surface area (Å²) in [6.07, 6.45) is 0.760. The maximum Gasteiger partial charge on any atom is 0.141 e. The molecule has 21 heavy (non-hydrogen) atoms. The Bertz CT molecular complexity index is 688. The maximum absolute atomic E-state index is 9.26. The number of nitrogens with one attached hydrogen (secondary N) is 1. The lowest BCUT2D eigenvalue weighted by molar-refractivity contribution is 0.916. The highest BCUT2D eigenvalue weighted by Crippen LogP contribution is 2.30. The van der Waals surface area contributed by atoms with E-state index in [0.717, 1.165) is 35.1 Å². The molecule has 2 rings (SSSR count). The van der Waals surface area contributed by atoms with Gasteiger partial charge in [-0.2, -0.15) is 5.26 Å². The SMILES string of the molecule is CCc1nc(NC)c(C)c(N(C)c2ccccc2C#N)n1. The second kappa shape index (κ2) is 6.23. The van der Waals surface area contributed by atoms with Crippen LogP contribution < -0.4 is 10.2 Å². The lowest BCUT2D eigenvalue weighted by Crippen LogP contribution is -2.17. The van der Waals surface area contributed by atoms with Gasteiger partial charge in [-0.1, -0.05) is 19.1 Å². The van der Waals surface area contributed by atoms with Gasteiger partial charge in [0.25, 0.3) is 0 Å². The van der Waals surface area contributed by atoms with Crippen LogP contribution in [0.15, 0.2) is 24.3 Å². The molecule has 0 atom stereocenters. The molecule has 5 heteroatoms.